The van der Waals surface area contributed by atoms with Crippen molar-refractivity contribution < 1.29 is 9.37 Å². The number of methoxy groups -OCH3 is 1. The molecule has 0 atom stereocenters. The van der Waals surface area contributed by atoms with Crippen LogP contribution in [-0.4, -0.2) is 27.4 Å². The molecule has 4 aromatic rings. The van der Waals surface area contributed by atoms with Crippen LogP contribution in [0.2, 0.25) is 0 Å². The second-order valence-corrected chi connectivity index (χ2v) is 5.06. The molecule has 118 valence electrons. The lowest BCUT2D eigenvalue weighted by molar-refractivity contribution is 0.313. The molecule has 0 aliphatic carbocycles. The molecule has 0 saturated heterocycles. The van der Waals surface area contributed by atoms with E-state index in [1.807, 2.05) is 42.5 Å². The van der Waals surface area contributed by atoms with Gasteiger partial charge in [-0.05, 0) is 33.6 Å². The van der Waals surface area contributed by atoms with Crippen LogP contribution < -0.4 is 10.1 Å². The number of hydrogen-bond donors (Lipinski definition) is 1. The Hall–Kier alpha value is -3.48. The molecule has 0 aliphatic heterocycles. The van der Waals surface area contributed by atoms with E-state index < -0.39 is 0 Å². The Morgan fingerprint density at radius 2 is 1.50 bits per heavy atom. The summed E-state index contributed by atoms with van der Waals surface area (Å²) in [4.78, 5) is 8.52. The van der Waals surface area contributed by atoms with Gasteiger partial charge in [-0.15, -0.1) is 0 Å². The molecule has 0 aliphatic rings. The highest BCUT2D eigenvalue weighted by atomic mass is 16.6. The van der Waals surface area contributed by atoms with Gasteiger partial charge < -0.3 is 10.1 Å². The molecule has 1 N–H and O–H groups in total. The second kappa shape index (κ2) is 5.96. The summed E-state index contributed by atoms with van der Waals surface area (Å²) in [6.07, 6.45) is 0. The number of aromatic nitrogens is 4. The topological polar surface area (TPSA) is 86.0 Å². The van der Waals surface area contributed by atoms with E-state index in [9.17, 15) is 0 Å². The van der Waals surface area contributed by atoms with Crippen LogP contribution >= 0.6 is 0 Å². The van der Waals surface area contributed by atoms with Gasteiger partial charge in [-0.3, -0.25) is 0 Å². The molecule has 2 aromatic carbocycles. The van der Waals surface area contributed by atoms with Gasteiger partial charge in [0.1, 0.15) is 0 Å². The molecule has 0 amide bonds. The third-order valence-corrected chi connectivity index (χ3v) is 3.53. The highest BCUT2D eigenvalue weighted by molar-refractivity contribution is 5.72. The van der Waals surface area contributed by atoms with E-state index in [4.69, 9.17) is 4.74 Å². The van der Waals surface area contributed by atoms with Crippen LogP contribution in [-0.2, 0) is 0 Å². The molecule has 0 saturated carbocycles. The largest absolute Gasteiger partial charge is 0.478 e. The number of fused-ring (bicyclic) bond motifs is 1. The van der Waals surface area contributed by atoms with Gasteiger partial charge in [-0.1, -0.05) is 42.5 Å². The molecule has 24 heavy (non-hydrogen) atoms. The second-order valence-electron chi connectivity index (χ2n) is 5.06. The summed E-state index contributed by atoms with van der Waals surface area (Å²) in [5.74, 6) is 0.776. The molecule has 0 bridgehead atoms. The Balaban J connectivity index is 1.63. The van der Waals surface area contributed by atoms with E-state index >= 15 is 0 Å². The van der Waals surface area contributed by atoms with Crippen molar-refractivity contribution in [2.75, 3.05) is 12.4 Å². The van der Waals surface area contributed by atoms with Crippen LogP contribution in [0.4, 0.5) is 11.5 Å². The molecule has 7 nitrogen and oxygen atoms in total. The minimum Gasteiger partial charge on any atom is -0.478 e. The molecule has 0 spiro atoms. The minimum atomic E-state index is 0.303. The molecule has 2 aromatic heterocycles. The summed E-state index contributed by atoms with van der Waals surface area (Å²) in [7, 11) is 1.52. The quantitative estimate of drug-likeness (QED) is 0.616. The fourth-order valence-electron chi connectivity index (χ4n) is 2.36. The van der Waals surface area contributed by atoms with Crippen LogP contribution in [0.1, 0.15) is 0 Å². The predicted molar refractivity (Wildman–Crippen MR) is 89.1 cm³/mol. The van der Waals surface area contributed by atoms with Gasteiger partial charge in [-0.2, -0.15) is 9.97 Å². The van der Waals surface area contributed by atoms with Gasteiger partial charge in [0.05, 0.1) is 7.11 Å². The predicted octanol–water partition coefficient (Wildman–Crippen LogP) is 3.43. The van der Waals surface area contributed by atoms with Crippen molar-refractivity contribution in [1.29, 1.82) is 0 Å². The van der Waals surface area contributed by atoms with E-state index in [-0.39, 0.29) is 0 Å². The van der Waals surface area contributed by atoms with E-state index in [1.54, 1.807) is 0 Å². The molecular formula is C17H13N5O2. The Kier molecular flexibility index (Phi) is 3.51. The molecule has 0 radical (unpaired) electrons. The average Bonchev–Trinajstić information content (AvgIpc) is 3.09. The Labute approximate surface area is 137 Å². The van der Waals surface area contributed by atoms with Crippen LogP contribution in [0.3, 0.4) is 0 Å². The third-order valence-electron chi connectivity index (χ3n) is 3.53. The normalized spacial score (nSPS) is 10.7. The Bertz CT molecular complexity index is 967. The number of ether oxygens (including phenoxy) is 1. The number of hydrogen-bond acceptors (Lipinski definition) is 7. The lowest BCUT2D eigenvalue weighted by Gasteiger charge is -2.09. The molecule has 0 unspecified atom stereocenters. The SMILES string of the molecule is COc1nc2nonc2nc1Nc1ccc(-c2ccccc2)cc1. The van der Waals surface area contributed by atoms with Gasteiger partial charge in [0.15, 0.2) is 5.82 Å². The smallest absolute Gasteiger partial charge is 0.259 e. The van der Waals surface area contributed by atoms with E-state index in [2.05, 4.69) is 42.4 Å². The number of nitrogens with zero attached hydrogens (tertiary/aromatic N) is 4. The minimum absolute atomic E-state index is 0.303. The van der Waals surface area contributed by atoms with Crippen molar-refractivity contribution in [3.8, 4) is 17.0 Å². The maximum Gasteiger partial charge on any atom is 0.259 e. The fourth-order valence-corrected chi connectivity index (χ4v) is 2.36. The zero-order valence-electron chi connectivity index (χ0n) is 12.8. The first-order chi connectivity index (χ1) is 11.8. The molecule has 4 rings (SSSR count). The zero-order chi connectivity index (χ0) is 16.4. The van der Waals surface area contributed by atoms with Crippen molar-refractivity contribution in [2.24, 2.45) is 0 Å². The lowest BCUT2D eigenvalue weighted by Crippen LogP contribution is -2.00. The third kappa shape index (κ3) is 2.63. The summed E-state index contributed by atoms with van der Waals surface area (Å²) in [6, 6.07) is 18.2. The number of nitrogens with one attached hydrogen (secondary N) is 1. The van der Waals surface area contributed by atoms with Crippen molar-refractivity contribution in [3.63, 3.8) is 0 Å². The first-order valence-electron chi connectivity index (χ1n) is 7.30. The first kappa shape index (κ1) is 14.1. The Morgan fingerprint density at radius 3 is 2.21 bits per heavy atom. The van der Waals surface area contributed by atoms with E-state index in [1.165, 1.54) is 7.11 Å². The Morgan fingerprint density at radius 1 is 0.833 bits per heavy atom. The molecule has 7 heteroatoms. The monoisotopic (exact) mass is 319 g/mol. The van der Waals surface area contributed by atoms with E-state index in [0.29, 0.717) is 23.0 Å². The summed E-state index contributed by atoms with van der Waals surface area (Å²) in [5.41, 5.74) is 3.78. The summed E-state index contributed by atoms with van der Waals surface area (Å²) in [5, 5.41) is 10.5. The molecular weight excluding hydrogens is 306 g/mol. The summed E-state index contributed by atoms with van der Waals surface area (Å²) < 4.78 is 9.87. The van der Waals surface area contributed by atoms with Crippen molar-refractivity contribution in [2.45, 2.75) is 0 Å². The zero-order valence-corrected chi connectivity index (χ0v) is 12.8. The maximum atomic E-state index is 5.24. The lowest BCUT2D eigenvalue weighted by atomic mass is 10.1. The van der Waals surface area contributed by atoms with Crippen LogP contribution in [0, 0.1) is 0 Å². The highest BCUT2D eigenvalue weighted by Crippen LogP contribution is 2.27. The maximum absolute atomic E-state index is 5.24. The number of anilines is 2. The first-order valence-corrected chi connectivity index (χ1v) is 7.30. The van der Waals surface area contributed by atoms with Crippen molar-refractivity contribution in [1.82, 2.24) is 20.3 Å². The van der Waals surface area contributed by atoms with Gasteiger partial charge in [0.25, 0.3) is 5.88 Å². The standard InChI is InChI=1S/C17H13N5O2/c1-23-17-16(19-14-15(20-17)22-24-21-14)18-13-9-7-12(8-10-13)11-5-3-2-4-6-11/h2-10H,1H3,(H,18,19,21). The highest BCUT2D eigenvalue weighted by Gasteiger charge is 2.13. The number of benzene rings is 2. The number of rotatable bonds is 4. The van der Waals surface area contributed by atoms with E-state index in [0.717, 1.165) is 16.8 Å². The van der Waals surface area contributed by atoms with Crippen molar-refractivity contribution >= 4 is 22.8 Å². The molecule has 0 fully saturated rings. The van der Waals surface area contributed by atoms with Crippen molar-refractivity contribution in [3.05, 3.63) is 54.6 Å². The van der Waals surface area contributed by atoms with Crippen LogP contribution in [0.5, 0.6) is 5.88 Å². The fraction of sp³-hybridized carbons (Fsp3) is 0.0588. The van der Waals surface area contributed by atoms with Crippen LogP contribution in [0.25, 0.3) is 22.4 Å². The summed E-state index contributed by atoms with van der Waals surface area (Å²) in [6.45, 7) is 0. The van der Waals surface area contributed by atoms with Gasteiger partial charge in [-0.25, -0.2) is 4.63 Å². The van der Waals surface area contributed by atoms with Gasteiger partial charge in [0.2, 0.25) is 11.3 Å². The summed E-state index contributed by atoms with van der Waals surface area (Å²) >= 11 is 0. The average molecular weight is 319 g/mol. The van der Waals surface area contributed by atoms with Gasteiger partial charge in [0, 0.05) is 5.69 Å². The van der Waals surface area contributed by atoms with Crippen LogP contribution in [0.15, 0.2) is 59.2 Å². The molecule has 2 heterocycles. The van der Waals surface area contributed by atoms with Gasteiger partial charge >= 0.3 is 0 Å².